The first-order chi connectivity index (χ1) is 10.3. The van der Waals surface area contributed by atoms with Crippen molar-refractivity contribution < 1.29 is 4.79 Å². The monoisotopic (exact) mass is 280 g/mol. The lowest BCUT2D eigenvalue weighted by atomic mass is 9.90. The summed E-state index contributed by atoms with van der Waals surface area (Å²) in [5.41, 5.74) is 4.57. The summed E-state index contributed by atoms with van der Waals surface area (Å²) in [6.45, 7) is 3.51. The standard InChI is InChI=1S/C18H20N2O/c1-13-6-2-3-7-14(13)12-20-18(21)16-10-11-19-17-9-5-4-8-15(16)17/h2-9,16,19H,10-12H2,1H3,(H,20,21). The number of rotatable bonds is 3. The van der Waals surface area contributed by atoms with Crippen molar-refractivity contribution in [2.24, 2.45) is 0 Å². The lowest BCUT2D eigenvalue weighted by Gasteiger charge is -2.26. The third-order valence-corrected chi connectivity index (χ3v) is 4.12. The molecule has 0 spiro atoms. The normalized spacial score (nSPS) is 16.7. The fourth-order valence-corrected chi connectivity index (χ4v) is 2.85. The predicted octanol–water partition coefficient (Wildman–Crippen LogP) is 3.21. The number of nitrogens with one attached hydrogen (secondary N) is 2. The van der Waals surface area contributed by atoms with E-state index in [4.69, 9.17) is 0 Å². The van der Waals surface area contributed by atoms with Gasteiger partial charge in [-0.3, -0.25) is 4.79 Å². The maximum Gasteiger partial charge on any atom is 0.227 e. The molecule has 0 aromatic heterocycles. The fraction of sp³-hybridized carbons (Fsp3) is 0.278. The molecule has 3 rings (SSSR count). The topological polar surface area (TPSA) is 41.1 Å². The molecule has 2 aromatic carbocycles. The van der Waals surface area contributed by atoms with Gasteiger partial charge in [-0.05, 0) is 36.1 Å². The lowest BCUT2D eigenvalue weighted by molar-refractivity contribution is -0.122. The Hall–Kier alpha value is -2.29. The minimum absolute atomic E-state index is 0.0496. The molecule has 0 saturated carbocycles. The summed E-state index contributed by atoms with van der Waals surface area (Å²) in [5, 5.41) is 6.43. The largest absolute Gasteiger partial charge is 0.385 e. The molecule has 1 aliphatic rings. The van der Waals surface area contributed by atoms with E-state index in [1.807, 2.05) is 36.4 Å². The molecule has 0 saturated heterocycles. The molecule has 21 heavy (non-hydrogen) atoms. The molecule has 3 heteroatoms. The van der Waals surface area contributed by atoms with Crippen molar-refractivity contribution in [2.75, 3.05) is 11.9 Å². The van der Waals surface area contributed by atoms with Gasteiger partial charge in [0, 0.05) is 18.8 Å². The highest BCUT2D eigenvalue weighted by atomic mass is 16.1. The molecule has 2 aromatic rings. The van der Waals surface area contributed by atoms with Crippen molar-refractivity contribution in [1.29, 1.82) is 0 Å². The Morgan fingerprint density at radius 1 is 1.19 bits per heavy atom. The second-order valence-corrected chi connectivity index (χ2v) is 5.50. The second kappa shape index (κ2) is 6.00. The molecule has 2 N–H and O–H groups in total. The van der Waals surface area contributed by atoms with Crippen LogP contribution in [-0.2, 0) is 11.3 Å². The molecule has 1 amide bonds. The van der Waals surface area contributed by atoms with E-state index >= 15 is 0 Å². The van der Waals surface area contributed by atoms with E-state index in [2.05, 4.69) is 29.7 Å². The van der Waals surface area contributed by atoms with Gasteiger partial charge in [0.25, 0.3) is 0 Å². The predicted molar refractivity (Wildman–Crippen MR) is 85.3 cm³/mol. The van der Waals surface area contributed by atoms with E-state index in [0.29, 0.717) is 6.54 Å². The van der Waals surface area contributed by atoms with Gasteiger partial charge in [-0.15, -0.1) is 0 Å². The Balaban J connectivity index is 1.71. The van der Waals surface area contributed by atoms with Gasteiger partial charge in [-0.25, -0.2) is 0 Å². The summed E-state index contributed by atoms with van der Waals surface area (Å²) in [6, 6.07) is 16.2. The SMILES string of the molecule is Cc1ccccc1CNC(=O)C1CCNc2ccccc21. The average Bonchev–Trinajstić information content (AvgIpc) is 2.53. The molecular formula is C18H20N2O. The summed E-state index contributed by atoms with van der Waals surface area (Å²) in [4.78, 5) is 12.5. The van der Waals surface area contributed by atoms with E-state index in [0.717, 1.165) is 24.2 Å². The Morgan fingerprint density at radius 3 is 2.81 bits per heavy atom. The van der Waals surface area contributed by atoms with Crippen LogP contribution >= 0.6 is 0 Å². The van der Waals surface area contributed by atoms with Crippen LogP contribution in [0.15, 0.2) is 48.5 Å². The average molecular weight is 280 g/mol. The van der Waals surface area contributed by atoms with Crippen LogP contribution in [-0.4, -0.2) is 12.5 Å². The van der Waals surface area contributed by atoms with Crippen LogP contribution in [0.5, 0.6) is 0 Å². The van der Waals surface area contributed by atoms with Crippen molar-refractivity contribution >= 4 is 11.6 Å². The minimum atomic E-state index is -0.0496. The zero-order valence-electron chi connectivity index (χ0n) is 12.2. The summed E-state index contributed by atoms with van der Waals surface area (Å²) in [6.07, 6.45) is 0.844. The smallest absolute Gasteiger partial charge is 0.227 e. The van der Waals surface area contributed by atoms with Gasteiger partial charge in [-0.1, -0.05) is 42.5 Å². The molecular weight excluding hydrogens is 260 g/mol. The third kappa shape index (κ3) is 2.92. The van der Waals surface area contributed by atoms with Gasteiger partial charge in [0.15, 0.2) is 0 Å². The van der Waals surface area contributed by atoms with Gasteiger partial charge >= 0.3 is 0 Å². The van der Waals surface area contributed by atoms with Gasteiger partial charge in [0.05, 0.1) is 5.92 Å². The first-order valence-corrected chi connectivity index (χ1v) is 7.41. The highest BCUT2D eigenvalue weighted by Crippen LogP contribution is 2.31. The van der Waals surface area contributed by atoms with Gasteiger partial charge in [0.1, 0.15) is 0 Å². The maximum atomic E-state index is 12.5. The van der Waals surface area contributed by atoms with E-state index < -0.39 is 0 Å². The van der Waals surface area contributed by atoms with E-state index in [1.165, 1.54) is 11.1 Å². The summed E-state index contributed by atoms with van der Waals surface area (Å²) >= 11 is 0. The number of para-hydroxylation sites is 1. The van der Waals surface area contributed by atoms with Crippen LogP contribution in [0.2, 0.25) is 0 Å². The number of aryl methyl sites for hydroxylation is 1. The molecule has 1 aliphatic heterocycles. The molecule has 3 nitrogen and oxygen atoms in total. The third-order valence-electron chi connectivity index (χ3n) is 4.12. The quantitative estimate of drug-likeness (QED) is 0.906. The van der Waals surface area contributed by atoms with Crippen molar-refractivity contribution in [3.63, 3.8) is 0 Å². The fourth-order valence-electron chi connectivity index (χ4n) is 2.85. The van der Waals surface area contributed by atoms with Crippen molar-refractivity contribution in [3.8, 4) is 0 Å². The Labute approximate surface area is 125 Å². The number of hydrogen-bond acceptors (Lipinski definition) is 2. The van der Waals surface area contributed by atoms with E-state index in [1.54, 1.807) is 0 Å². The van der Waals surface area contributed by atoms with Crippen LogP contribution in [0.25, 0.3) is 0 Å². The van der Waals surface area contributed by atoms with Crippen LogP contribution < -0.4 is 10.6 Å². The molecule has 0 aliphatic carbocycles. The Kier molecular flexibility index (Phi) is 3.91. The van der Waals surface area contributed by atoms with Crippen LogP contribution in [0.1, 0.15) is 29.0 Å². The lowest BCUT2D eigenvalue weighted by Crippen LogP contribution is -2.32. The Morgan fingerprint density at radius 2 is 1.95 bits per heavy atom. The van der Waals surface area contributed by atoms with Gasteiger partial charge < -0.3 is 10.6 Å². The number of amides is 1. The number of benzene rings is 2. The first-order valence-electron chi connectivity index (χ1n) is 7.41. The number of anilines is 1. The highest BCUT2D eigenvalue weighted by Gasteiger charge is 2.25. The molecule has 1 heterocycles. The van der Waals surface area contributed by atoms with Crippen molar-refractivity contribution in [1.82, 2.24) is 5.32 Å². The molecule has 108 valence electrons. The van der Waals surface area contributed by atoms with E-state index in [9.17, 15) is 4.79 Å². The van der Waals surface area contributed by atoms with Gasteiger partial charge in [-0.2, -0.15) is 0 Å². The molecule has 1 unspecified atom stereocenters. The zero-order valence-corrected chi connectivity index (χ0v) is 12.2. The van der Waals surface area contributed by atoms with Gasteiger partial charge in [0.2, 0.25) is 5.91 Å². The maximum absolute atomic E-state index is 12.5. The summed E-state index contributed by atoms with van der Waals surface area (Å²) in [7, 11) is 0. The zero-order chi connectivity index (χ0) is 14.7. The first kappa shape index (κ1) is 13.7. The number of hydrogen-bond donors (Lipinski definition) is 2. The number of fused-ring (bicyclic) bond motifs is 1. The molecule has 0 bridgehead atoms. The second-order valence-electron chi connectivity index (χ2n) is 5.50. The van der Waals surface area contributed by atoms with Crippen molar-refractivity contribution in [3.05, 3.63) is 65.2 Å². The van der Waals surface area contributed by atoms with Crippen LogP contribution in [0, 0.1) is 6.92 Å². The molecule has 1 atom stereocenters. The highest BCUT2D eigenvalue weighted by molar-refractivity contribution is 5.86. The summed E-state index contributed by atoms with van der Waals surface area (Å²) in [5.74, 6) is 0.0682. The minimum Gasteiger partial charge on any atom is -0.385 e. The summed E-state index contributed by atoms with van der Waals surface area (Å²) < 4.78 is 0. The van der Waals surface area contributed by atoms with Crippen LogP contribution in [0.4, 0.5) is 5.69 Å². The van der Waals surface area contributed by atoms with E-state index in [-0.39, 0.29) is 11.8 Å². The number of carbonyl (C=O) groups is 1. The molecule has 0 fully saturated rings. The van der Waals surface area contributed by atoms with Crippen molar-refractivity contribution in [2.45, 2.75) is 25.8 Å². The number of carbonyl (C=O) groups excluding carboxylic acids is 1. The Bertz CT molecular complexity index is 651. The molecule has 0 radical (unpaired) electrons. The van der Waals surface area contributed by atoms with Crippen LogP contribution in [0.3, 0.4) is 0 Å².